The third kappa shape index (κ3) is 4.32. The van der Waals surface area contributed by atoms with E-state index in [0.717, 1.165) is 11.3 Å². The Labute approximate surface area is 173 Å². The van der Waals surface area contributed by atoms with Gasteiger partial charge in [0, 0.05) is 30.6 Å². The third-order valence-electron chi connectivity index (χ3n) is 5.04. The fourth-order valence-electron chi connectivity index (χ4n) is 3.32. The van der Waals surface area contributed by atoms with Gasteiger partial charge in [-0.05, 0) is 18.2 Å². The molecule has 0 spiro atoms. The number of carbonyl (C=O) groups excluding carboxylic acids is 2. The number of amides is 2. The lowest BCUT2D eigenvalue weighted by molar-refractivity contribution is -0.134. The van der Waals surface area contributed by atoms with Crippen molar-refractivity contribution in [2.45, 2.75) is 12.3 Å². The number of hydrogen-bond donors (Lipinski definition) is 1. The van der Waals surface area contributed by atoms with Gasteiger partial charge in [0.2, 0.25) is 11.8 Å². The maximum Gasteiger partial charge on any atom is 0.251 e. The van der Waals surface area contributed by atoms with Gasteiger partial charge in [-0.3, -0.25) is 9.59 Å². The van der Waals surface area contributed by atoms with E-state index in [-0.39, 0.29) is 24.3 Å². The summed E-state index contributed by atoms with van der Waals surface area (Å²) in [6, 6.07) is 16.5. The molecule has 30 heavy (non-hydrogen) atoms. The van der Waals surface area contributed by atoms with Crippen molar-refractivity contribution >= 4 is 11.8 Å². The van der Waals surface area contributed by atoms with Crippen LogP contribution in [0.2, 0.25) is 0 Å². The number of likely N-dealkylation sites (tertiary alicyclic amines) is 1. The molecule has 1 aliphatic rings. The minimum Gasteiger partial charge on any atom is -0.496 e. The van der Waals surface area contributed by atoms with Crippen LogP contribution in [-0.4, -0.2) is 53.6 Å². The molecule has 2 heterocycles. The Kier molecular flexibility index (Phi) is 5.74. The molecule has 1 aliphatic heterocycles. The van der Waals surface area contributed by atoms with Gasteiger partial charge in [0.05, 0.1) is 19.6 Å². The molecular formula is C22H22N4O4. The summed E-state index contributed by atoms with van der Waals surface area (Å²) < 4.78 is 10.7. The second-order valence-electron chi connectivity index (χ2n) is 7.08. The van der Waals surface area contributed by atoms with Gasteiger partial charge in [-0.1, -0.05) is 41.6 Å². The predicted octanol–water partition coefficient (Wildman–Crippen LogP) is 2.02. The van der Waals surface area contributed by atoms with Crippen molar-refractivity contribution in [2.24, 2.45) is 0 Å². The van der Waals surface area contributed by atoms with Gasteiger partial charge in [-0.25, -0.2) is 0 Å². The van der Waals surface area contributed by atoms with E-state index >= 15 is 0 Å². The lowest BCUT2D eigenvalue weighted by Crippen LogP contribution is -2.51. The number of nitrogens with one attached hydrogen (secondary N) is 1. The van der Waals surface area contributed by atoms with Gasteiger partial charge in [0.25, 0.3) is 5.91 Å². The van der Waals surface area contributed by atoms with E-state index in [9.17, 15) is 9.59 Å². The van der Waals surface area contributed by atoms with Gasteiger partial charge < -0.3 is 19.5 Å². The molecule has 1 fully saturated rings. The third-order valence-corrected chi connectivity index (χ3v) is 5.04. The molecule has 0 unspecified atom stereocenters. The Morgan fingerprint density at radius 1 is 1.13 bits per heavy atom. The Bertz CT molecular complexity index is 1030. The number of ether oxygens (including phenoxy) is 1. The zero-order valence-corrected chi connectivity index (χ0v) is 16.6. The standard InChI is InChI=1S/C22H22N4O4/c1-29-18-10-6-5-9-16(18)11-19-24-22(30-25-19)17-13-26(14-17)20(27)12-23-21(28)15-7-3-2-4-8-15/h2-10,17H,11-14H2,1H3,(H,23,28). The summed E-state index contributed by atoms with van der Waals surface area (Å²) in [4.78, 5) is 30.5. The molecule has 3 aromatic rings. The Morgan fingerprint density at radius 2 is 1.87 bits per heavy atom. The second-order valence-corrected chi connectivity index (χ2v) is 7.08. The minimum absolute atomic E-state index is 0.0118. The quantitative estimate of drug-likeness (QED) is 0.645. The normalized spacial score (nSPS) is 13.6. The first kappa shape index (κ1) is 19.6. The van der Waals surface area contributed by atoms with Crippen LogP contribution in [0, 0.1) is 0 Å². The molecule has 1 aromatic heterocycles. The van der Waals surface area contributed by atoms with Crippen molar-refractivity contribution in [3.8, 4) is 5.75 Å². The first-order valence-corrected chi connectivity index (χ1v) is 9.69. The monoisotopic (exact) mass is 406 g/mol. The number of carbonyl (C=O) groups is 2. The van der Waals surface area contributed by atoms with Crippen molar-refractivity contribution in [1.29, 1.82) is 0 Å². The molecule has 1 saturated heterocycles. The number of methoxy groups -OCH3 is 1. The zero-order chi connectivity index (χ0) is 20.9. The van der Waals surface area contributed by atoms with Crippen molar-refractivity contribution in [1.82, 2.24) is 20.4 Å². The van der Waals surface area contributed by atoms with E-state index in [0.29, 0.717) is 36.8 Å². The van der Waals surface area contributed by atoms with Crippen LogP contribution in [-0.2, 0) is 11.2 Å². The second kappa shape index (κ2) is 8.77. The molecule has 0 bridgehead atoms. The van der Waals surface area contributed by atoms with Crippen LogP contribution in [0.3, 0.4) is 0 Å². The Hall–Kier alpha value is -3.68. The van der Waals surface area contributed by atoms with Crippen LogP contribution in [0.15, 0.2) is 59.1 Å². The molecule has 0 atom stereocenters. The predicted molar refractivity (Wildman–Crippen MR) is 108 cm³/mol. The average Bonchev–Trinajstić information content (AvgIpc) is 3.20. The van der Waals surface area contributed by atoms with Crippen LogP contribution in [0.25, 0.3) is 0 Å². The number of hydrogen-bond acceptors (Lipinski definition) is 6. The fraction of sp³-hybridized carbons (Fsp3) is 0.273. The number of para-hydroxylation sites is 1. The molecule has 2 amide bonds. The van der Waals surface area contributed by atoms with Gasteiger partial charge >= 0.3 is 0 Å². The highest BCUT2D eigenvalue weighted by Gasteiger charge is 2.35. The topological polar surface area (TPSA) is 97.6 Å². The number of rotatable bonds is 7. The zero-order valence-electron chi connectivity index (χ0n) is 16.6. The number of aromatic nitrogens is 2. The highest BCUT2D eigenvalue weighted by molar-refractivity contribution is 5.96. The van der Waals surface area contributed by atoms with Crippen LogP contribution < -0.4 is 10.1 Å². The van der Waals surface area contributed by atoms with Crippen molar-refractivity contribution < 1.29 is 18.8 Å². The van der Waals surface area contributed by atoms with E-state index in [1.165, 1.54) is 0 Å². The van der Waals surface area contributed by atoms with Gasteiger partial charge in [-0.15, -0.1) is 0 Å². The molecule has 8 nitrogen and oxygen atoms in total. The van der Waals surface area contributed by atoms with Crippen molar-refractivity contribution in [3.63, 3.8) is 0 Å². The van der Waals surface area contributed by atoms with Crippen LogP contribution >= 0.6 is 0 Å². The highest BCUT2D eigenvalue weighted by Crippen LogP contribution is 2.26. The molecule has 0 saturated carbocycles. The van der Waals surface area contributed by atoms with Crippen LogP contribution in [0.1, 0.15) is 33.6 Å². The van der Waals surface area contributed by atoms with E-state index in [4.69, 9.17) is 9.26 Å². The smallest absolute Gasteiger partial charge is 0.251 e. The SMILES string of the molecule is COc1ccccc1Cc1noc(C2CN(C(=O)CNC(=O)c3ccccc3)C2)n1. The average molecular weight is 406 g/mol. The summed E-state index contributed by atoms with van der Waals surface area (Å²) in [5, 5.41) is 6.70. The lowest BCUT2D eigenvalue weighted by atomic mass is 10.00. The first-order chi connectivity index (χ1) is 14.6. The van der Waals surface area contributed by atoms with E-state index in [1.54, 1.807) is 36.3 Å². The van der Waals surface area contributed by atoms with Crippen molar-refractivity contribution in [3.05, 3.63) is 77.4 Å². The fourth-order valence-corrected chi connectivity index (χ4v) is 3.32. The molecule has 2 aromatic carbocycles. The van der Waals surface area contributed by atoms with E-state index in [2.05, 4.69) is 15.5 Å². The maximum atomic E-state index is 12.3. The number of benzene rings is 2. The van der Waals surface area contributed by atoms with Gasteiger partial charge in [0.15, 0.2) is 5.82 Å². The van der Waals surface area contributed by atoms with Gasteiger partial charge in [0.1, 0.15) is 5.75 Å². The summed E-state index contributed by atoms with van der Waals surface area (Å²) in [6.45, 7) is 0.954. The molecule has 154 valence electrons. The first-order valence-electron chi connectivity index (χ1n) is 9.69. The highest BCUT2D eigenvalue weighted by atomic mass is 16.5. The Morgan fingerprint density at radius 3 is 2.63 bits per heavy atom. The largest absolute Gasteiger partial charge is 0.496 e. The van der Waals surface area contributed by atoms with E-state index < -0.39 is 0 Å². The van der Waals surface area contributed by atoms with E-state index in [1.807, 2.05) is 30.3 Å². The lowest BCUT2D eigenvalue weighted by Gasteiger charge is -2.37. The summed E-state index contributed by atoms with van der Waals surface area (Å²) in [6.07, 6.45) is 0.508. The summed E-state index contributed by atoms with van der Waals surface area (Å²) in [5.41, 5.74) is 1.51. The summed E-state index contributed by atoms with van der Waals surface area (Å²) in [5.74, 6) is 1.49. The maximum absolute atomic E-state index is 12.3. The molecule has 8 heteroatoms. The van der Waals surface area contributed by atoms with Crippen LogP contribution in [0.4, 0.5) is 0 Å². The molecule has 0 radical (unpaired) electrons. The minimum atomic E-state index is -0.265. The molecular weight excluding hydrogens is 384 g/mol. The summed E-state index contributed by atoms with van der Waals surface area (Å²) >= 11 is 0. The molecule has 0 aliphatic carbocycles. The van der Waals surface area contributed by atoms with Crippen LogP contribution in [0.5, 0.6) is 5.75 Å². The van der Waals surface area contributed by atoms with Gasteiger partial charge in [-0.2, -0.15) is 4.98 Å². The number of nitrogens with zero attached hydrogens (tertiary/aromatic N) is 3. The van der Waals surface area contributed by atoms with Crippen molar-refractivity contribution in [2.75, 3.05) is 26.7 Å². The summed E-state index contributed by atoms with van der Waals surface area (Å²) in [7, 11) is 1.63. The molecule has 1 N–H and O–H groups in total. The Balaban J connectivity index is 1.26. The molecule has 4 rings (SSSR count).